The third-order valence-corrected chi connectivity index (χ3v) is 1.67. The largest absolute Gasteiger partial charge is 0.453 e. The minimum Gasteiger partial charge on any atom is -0.453 e. The summed E-state index contributed by atoms with van der Waals surface area (Å²) in [7, 11) is 1.30. The van der Waals surface area contributed by atoms with Gasteiger partial charge in [-0.05, 0) is 0 Å². The van der Waals surface area contributed by atoms with E-state index in [9.17, 15) is 9.90 Å². The summed E-state index contributed by atoms with van der Waals surface area (Å²) >= 11 is 0. The molecule has 1 amide bonds. The maximum Gasteiger partial charge on any atom is 0.407 e. The van der Waals surface area contributed by atoms with Gasteiger partial charge in [0.1, 0.15) is 0 Å². The predicted molar refractivity (Wildman–Crippen MR) is 38.2 cm³/mol. The van der Waals surface area contributed by atoms with Crippen molar-refractivity contribution >= 4 is 6.09 Å². The van der Waals surface area contributed by atoms with E-state index >= 15 is 0 Å². The Bertz CT molecular complexity index is 151. The van der Waals surface area contributed by atoms with Gasteiger partial charge in [-0.3, -0.25) is 0 Å². The molecule has 0 saturated carbocycles. The molecule has 1 saturated heterocycles. The molecule has 1 aliphatic heterocycles. The van der Waals surface area contributed by atoms with Gasteiger partial charge in [0.25, 0.3) is 0 Å². The third-order valence-electron chi connectivity index (χ3n) is 1.67. The summed E-state index contributed by atoms with van der Waals surface area (Å²) in [5, 5.41) is 14.6. The molecule has 1 rings (SSSR count). The van der Waals surface area contributed by atoms with Crippen LogP contribution in [0, 0.1) is 0 Å². The molecule has 2 atom stereocenters. The van der Waals surface area contributed by atoms with Gasteiger partial charge in [-0.25, -0.2) is 4.79 Å². The summed E-state index contributed by atoms with van der Waals surface area (Å²) in [4.78, 5) is 10.6. The van der Waals surface area contributed by atoms with Crippen LogP contribution in [0.1, 0.15) is 0 Å². The number of aliphatic hydroxyl groups is 1. The molecule has 0 bridgehead atoms. The van der Waals surface area contributed by atoms with Crippen molar-refractivity contribution in [3.63, 3.8) is 0 Å². The molecule has 1 heterocycles. The van der Waals surface area contributed by atoms with E-state index in [1.807, 2.05) is 0 Å². The molecule has 5 heteroatoms. The number of aliphatic hydroxyl groups excluding tert-OH is 1. The van der Waals surface area contributed by atoms with E-state index < -0.39 is 12.2 Å². The standard InChI is InChI=1S/C6H12N2O3/c1-11-6(10)8-4-2-7-3-5(4)9/h4-5,7,9H,2-3H2,1H3,(H,8,10)/t4-,5+/m1/s1. The molecule has 11 heavy (non-hydrogen) atoms. The van der Waals surface area contributed by atoms with Crippen LogP contribution < -0.4 is 10.6 Å². The lowest BCUT2D eigenvalue weighted by Crippen LogP contribution is -2.42. The quantitative estimate of drug-likeness (QED) is 0.444. The predicted octanol–water partition coefficient (Wildman–Crippen LogP) is -1.32. The molecule has 5 nitrogen and oxygen atoms in total. The highest BCUT2D eigenvalue weighted by Gasteiger charge is 2.26. The number of amides is 1. The number of carbonyl (C=O) groups excluding carboxylic acids is 1. The van der Waals surface area contributed by atoms with E-state index in [2.05, 4.69) is 15.4 Å². The maximum atomic E-state index is 10.6. The molecular formula is C6H12N2O3. The van der Waals surface area contributed by atoms with Crippen molar-refractivity contribution in [1.82, 2.24) is 10.6 Å². The van der Waals surface area contributed by atoms with Crippen LogP contribution in [0.25, 0.3) is 0 Å². The molecule has 0 aromatic rings. The summed E-state index contributed by atoms with van der Waals surface area (Å²) < 4.78 is 4.37. The number of nitrogens with one attached hydrogen (secondary N) is 2. The Kier molecular flexibility index (Phi) is 2.67. The van der Waals surface area contributed by atoms with E-state index in [4.69, 9.17) is 0 Å². The smallest absolute Gasteiger partial charge is 0.407 e. The normalized spacial score (nSPS) is 30.0. The first-order valence-electron chi connectivity index (χ1n) is 3.47. The second-order valence-corrected chi connectivity index (χ2v) is 2.47. The highest BCUT2D eigenvalue weighted by atomic mass is 16.5. The number of ether oxygens (including phenoxy) is 1. The Hall–Kier alpha value is -0.810. The van der Waals surface area contributed by atoms with Crippen LogP contribution in [-0.4, -0.2) is 43.5 Å². The lowest BCUT2D eigenvalue weighted by atomic mass is 10.2. The number of hydrogen-bond acceptors (Lipinski definition) is 4. The summed E-state index contributed by atoms with van der Waals surface area (Å²) in [6, 6.07) is -0.220. The highest BCUT2D eigenvalue weighted by Crippen LogP contribution is 1.98. The summed E-state index contributed by atoms with van der Waals surface area (Å²) in [6.07, 6.45) is -1.01. The molecule has 0 radical (unpaired) electrons. The van der Waals surface area contributed by atoms with Crippen molar-refractivity contribution in [3.05, 3.63) is 0 Å². The minimum absolute atomic E-state index is 0.220. The number of carbonyl (C=O) groups is 1. The van der Waals surface area contributed by atoms with Crippen LogP contribution in [0.5, 0.6) is 0 Å². The van der Waals surface area contributed by atoms with Crippen LogP contribution in [0.4, 0.5) is 4.79 Å². The molecule has 3 N–H and O–H groups in total. The Morgan fingerprint density at radius 2 is 2.45 bits per heavy atom. The Balaban J connectivity index is 2.30. The molecule has 0 spiro atoms. The zero-order chi connectivity index (χ0) is 8.27. The van der Waals surface area contributed by atoms with Gasteiger partial charge in [0.2, 0.25) is 0 Å². The number of β-amino-alcohol motifs (C(OH)–C–C–N with tert-alkyl or cyclic N) is 1. The van der Waals surface area contributed by atoms with Gasteiger partial charge >= 0.3 is 6.09 Å². The molecule has 0 aromatic heterocycles. The number of methoxy groups -OCH3 is 1. The first-order valence-corrected chi connectivity index (χ1v) is 3.47. The molecule has 0 aromatic carbocycles. The van der Waals surface area contributed by atoms with Gasteiger partial charge in [-0.1, -0.05) is 0 Å². The van der Waals surface area contributed by atoms with Crippen molar-refractivity contribution < 1.29 is 14.6 Å². The van der Waals surface area contributed by atoms with E-state index in [-0.39, 0.29) is 6.04 Å². The minimum atomic E-state index is -0.505. The average molecular weight is 160 g/mol. The van der Waals surface area contributed by atoms with Crippen LogP contribution in [0.2, 0.25) is 0 Å². The van der Waals surface area contributed by atoms with Crippen LogP contribution in [0.3, 0.4) is 0 Å². The van der Waals surface area contributed by atoms with Gasteiger partial charge < -0.3 is 20.5 Å². The Morgan fingerprint density at radius 3 is 2.91 bits per heavy atom. The van der Waals surface area contributed by atoms with Crippen molar-refractivity contribution in [2.75, 3.05) is 20.2 Å². The summed E-state index contributed by atoms with van der Waals surface area (Å²) in [6.45, 7) is 1.12. The number of hydrogen-bond donors (Lipinski definition) is 3. The average Bonchev–Trinajstić information content (AvgIpc) is 2.37. The molecule has 64 valence electrons. The van der Waals surface area contributed by atoms with E-state index in [0.29, 0.717) is 13.1 Å². The van der Waals surface area contributed by atoms with Crippen molar-refractivity contribution in [1.29, 1.82) is 0 Å². The van der Waals surface area contributed by atoms with Gasteiger partial charge in [0.15, 0.2) is 0 Å². The zero-order valence-electron chi connectivity index (χ0n) is 6.33. The molecular weight excluding hydrogens is 148 g/mol. The monoisotopic (exact) mass is 160 g/mol. The number of rotatable bonds is 1. The van der Waals surface area contributed by atoms with E-state index in [1.54, 1.807) is 0 Å². The fourth-order valence-corrected chi connectivity index (χ4v) is 1.02. The van der Waals surface area contributed by atoms with Crippen LogP contribution in [-0.2, 0) is 4.74 Å². The van der Waals surface area contributed by atoms with Gasteiger partial charge in [-0.2, -0.15) is 0 Å². The van der Waals surface area contributed by atoms with Crippen LogP contribution >= 0.6 is 0 Å². The van der Waals surface area contributed by atoms with Gasteiger partial charge in [0, 0.05) is 13.1 Å². The summed E-state index contributed by atoms with van der Waals surface area (Å²) in [5.41, 5.74) is 0. The fourth-order valence-electron chi connectivity index (χ4n) is 1.02. The van der Waals surface area contributed by atoms with E-state index in [1.165, 1.54) is 7.11 Å². The Labute approximate surface area is 64.7 Å². The maximum absolute atomic E-state index is 10.6. The van der Waals surface area contributed by atoms with E-state index in [0.717, 1.165) is 0 Å². The molecule has 0 aliphatic carbocycles. The first kappa shape index (κ1) is 8.29. The van der Waals surface area contributed by atoms with Crippen molar-refractivity contribution in [2.45, 2.75) is 12.1 Å². The lowest BCUT2D eigenvalue weighted by molar-refractivity contribution is 0.137. The molecule has 0 unspecified atom stereocenters. The van der Waals surface area contributed by atoms with Gasteiger partial charge in [-0.15, -0.1) is 0 Å². The Morgan fingerprint density at radius 1 is 1.73 bits per heavy atom. The zero-order valence-corrected chi connectivity index (χ0v) is 6.33. The van der Waals surface area contributed by atoms with Crippen molar-refractivity contribution in [3.8, 4) is 0 Å². The summed E-state index contributed by atoms with van der Waals surface area (Å²) in [5.74, 6) is 0. The molecule has 1 fully saturated rings. The fraction of sp³-hybridized carbons (Fsp3) is 0.833. The first-order chi connectivity index (χ1) is 5.24. The molecule has 1 aliphatic rings. The van der Waals surface area contributed by atoms with Gasteiger partial charge in [0.05, 0.1) is 19.3 Å². The second kappa shape index (κ2) is 3.54. The number of alkyl carbamates (subject to hydrolysis) is 1. The highest BCUT2D eigenvalue weighted by molar-refractivity contribution is 5.67. The lowest BCUT2D eigenvalue weighted by Gasteiger charge is -2.13. The third kappa shape index (κ3) is 2.06. The van der Waals surface area contributed by atoms with Crippen LogP contribution in [0.15, 0.2) is 0 Å². The van der Waals surface area contributed by atoms with Crippen molar-refractivity contribution in [2.24, 2.45) is 0 Å². The second-order valence-electron chi connectivity index (χ2n) is 2.47. The topological polar surface area (TPSA) is 70.6 Å². The SMILES string of the molecule is COC(=O)N[C@@H]1CNC[C@@H]1O.